The lowest BCUT2D eigenvalue weighted by molar-refractivity contribution is -0.950. The van der Waals surface area contributed by atoms with Gasteiger partial charge in [-0.15, -0.1) is 0 Å². The Morgan fingerprint density at radius 1 is 1.12 bits per heavy atom. The Kier molecular flexibility index (Phi) is 7.13. The van der Waals surface area contributed by atoms with Crippen LogP contribution in [-0.4, -0.2) is 79.2 Å². The first kappa shape index (κ1) is 29.7. The number of quaternary nitrogens is 1. The molecule has 2 aliphatic heterocycles. The van der Waals surface area contributed by atoms with Crippen molar-refractivity contribution in [2.24, 2.45) is 5.92 Å². The number of hydrogen-bond donors (Lipinski definition) is 1. The Hall–Kier alpha value is -2.38. The van der Waals surface area contributed by atoms with Crippen molar-refractivity contribution in [2.45, 2.75) is 79.9 Å². The van der Waals surface area contributed by atoms with Gasteiger partial charge in [-0.2, -0.15) is 13.2 Å². The maximum atomic E-state index is 12.7. The first-order chi connectivity index (χ1) is 19.7. The Morgan fingerprint density at radius 3 is 2.43 bits per heavy atom. The number of benzene rings is 2. The minimum absolute atomic E-state index is 0.0125. The van der Waals surface area contributed by atoms with Crippen molar-refractivity contribution in [1.82, 2.24) is 0 Å². The van der Waals surface area contributed by atoms with E-state index < -0.39 is 26.6 Å². The number of likely N-dealkylation sites (tertiary alicyclic amines) is 1. The predicted octanol–water partition coefficient (Wildman–Crippen LogP) is 4.04. The van der Waals surface area contributed by atoms with Gasteiger partial charge in [0.1, 0.15) is 24.4 Å². The second-order valence-electron chi connectivity index (χ2n) is 12.6. The van der Waals surface area contributed by atoms with Crippen LogP contribution in [0.3, 0.4) is 0 Å². The average Bonchev–Trinajstić information content (AvgIpc) is 3.66. The zero-order valence-corrected chi connectivity index (χ0v) is 24.4. The largest absolute Gasteiger partial charge is 0.741 e. The van der Waals surface area contributed by atoms with Crippen LogP contribution in [0.15, 0.2) is 42.5 Å². The molecular weight excluding hydrogens is 575 g/mol. The van der Waals surface area contributed by atoms with E-state index in [1.165, 1.54) is 30.5 Å². The van der Waals surface area contributed by atoms with E-state index >= 15 is 0 Å². The smallest absolute Gasteiger partial charge is 0.485 e. The van der Waals surface area contributed by atoms with E-state index in [0.29, 0.717) is 6.61 Å². The highest BCUT2D eigenvalue weighted by molar-refractivity contribution is 7.86. The number of nitrogens with zero attached hydrogens (tertiary/aromatic N) is 1. The lowest BCUT2D eigenvalue weighted by Crippen LogP contribution is -2.81. The molecular formula is C30H36F3NO7S. The van der Waals surface area contributed by atoms with Crippen LogP contribution in [0.1, 0.15) is 48.8 Å². The molecule has 0 amide bonds. The highest BCUT2D eigenvalue weighted by Crippen LogP contribution is 2.66. The average molecular weight is 612 g/mol. The molecule has 0 radical (unpaired) electrons. The van der Waals surface area contributed by atoms with Crippen molar-refractivity contribution in [3.63, 3.8) is 0 Å². The van der Waals surface area contributed by atoms with E-state index in [-0.39, 0.29) is 18.2 Å². The molecule has 7 rings (SSSR count). The monoisotopic (exact) mass is 611 g/mol. The molecule has 230 valence electrons. The SMILES string of the molecule is COC1CC[C@@]2(O)[C@H]3Cc4ccc(OCc5ccccc5)c5c4[C@@]2(CC[N+]3(C)CC2CC2)[C@H]1O5.O=S(=O)([O-])C(F)(F)F. The van der Waals surface area contributed by atoms with Gasteiger partial charge in [0.25, 0.3) is 0 Å². The van der Waals surface area contributed by atoms with Crippen LogP contribution in [0.4, 0.5) is 13.2 Å². The van der Waals surface area contributed by atoms with Gasteiger partial charge in [0.2, 0.25) is 0 Å². The van der Waals surface area contributed by atoms with Crippen LogP contribution in [0.2, 0.25) is 0 Å². The molecule has 12 heteroatoms. The second-order valence-corrected chi connectivity index (χ2v) is 14.0. The molecule has 6 atom stereocenters. The number of rotatable bonds is 6. The van der Waals surface area contributed by atoms with Gasteiger partial charge >= 0.3 is 5.51 Å². The van der Waals surface area contributed by atoms with Crippen molar-refractivity contribution < 1.29 is 49.9 Å². The molecule has 0 aromatic heterocycles. The van der Waals surface area contributed by atoms with Gasteiger partial charge in [-0.25, -0.2) is 8.42 Å². The van der Waals surface area contributed by atoms with E-state index in [0.717, 1.165) is 59.7 Å². The topological polar surface area (TPSA) is 105 Å². The lowest BCUT2D eigenvalue weighted by atomic mass is 9.48. The van der Waals surface area contributed by atoms with Gasteiger partial charge in [-0.3, -0.25) is 0 Å². The molecule has 2 aromatic rings. The first-order valence-corrected chi connectivity index (χ1v) is 15.8. The minimum atomic E-state index is -6.09. The van der Waals surface area contributed by atoms with Gasteiger partial charge in [-0.1, -0.05) is 36.4 Å². The van der Waals surface area contributed by atoms with E-state index in [4.69, 9.17) is 27.2 Å². The molecule has 2 aromatic carbocycles. The molecule has 2 heterocycles. The summed E-state index contributed by atoms with van der Waals surface area (Å²) < 4.78 is 79.0. The third-order valence-electron chi connectivity index (χ3n) is 10.2. The molecule has 2 bridgehead atoms. The summed E-state index contributed by atoms with van der Waals surface area (Å²) in [6.07, 6.45) is 6.00. The summed E-state index contributed by atoms with van der Waals surface area (Å²) in [5, 5.41) is 12.7. The molecule has 1 saturated heterocycles. The van der Waals surface area contributed by atoms with Crippen LogP contribution in [-0.2, 0) is 33.3 Å². The first-order valence-electron chi connectivity index (χ1n) is 14.3. The summed E-state index contributed by atoms with van der Waals surface area (Å²) in [5.74, 6) is 2.49. The zero-order valence-electron chi connectivity index (χ0n) is 23.6. The highest BCUT2D eigenvalue weighted by Gasteiger charge is 2.76. The lowest BCUT2D eigenvalue weighted by Gasteiger charge is -2.65. The molecule has 1 N–H and O–H groups in total. The Labute approximate surface area is 243 Å². The molecule has 42 heavy (non-hydrogen) atoms. The molecule has 3 aliphatic carbocycles. The van der Waals surface area contributed by atoms with Gasteiger partial charge < -0.3 is 28.4 Å². The summed E-state index contributed by atoms with van der Waals surface area (Å²) in [7, 11) is -1.89. The fraction of sp³-hybridized carbons (Fsp3) is 0.600. The quantitative estimate of drug-likeness (QED) is 0.299. The summed E-state index contributed by atoms with van der Waals surface area (Å²) in [6.45, 7) is 2.79. The second kappa shape index (κ2) is 10.1. The molecule has 1 spiro atoms. The highest BCUT2D eigenvalue weighted by atomic mass is 32.2. The summed E-state index contributed by atoms with van der Waals surface area (Å²) in [4.78, 5) is 0. The van der Waals surface area contributed by atoms with E-state index in [9.17, 15) is 18.3 Å². The van der Waals surface area contributed by atoms with Crippen LogP contribution < -0.4 is 9.47 Å². The fourth-order valence-corrected chi connectivity index (χ4v) is 8.19. The fourth-order valence-electron chi connectivity index (χ4n) is 8.19. The van der Waals surface area contributed by atoms with Crippen LogP contribution >= 0.6 is 0 Å². The summed E-state index contributed by atoms with van der Waals surface area (Å²) in [6, 6.07) is 14.8. The number of ether oxygens (including phenoxy) is 3. The van der Waals surface area contributed by atoms with Gasteiger partial charge in [0.05, 0.1) is 31.7 Å². The van der Waals surface area contributed by atoms with E-state index in [1.807, 2.05) is 18.2 Å². The van der Waals surface area contributed by atoms with Crippen LogP contribution in [0.25, 0.3) is 0 Å². The predicted molar refractivity (Wildman–Crippen MR) is 145 cm³/mol. The summed E-state index contributed by atoms with van der Waals surface area (Å²) in [5.41, 5.74) is -3.12. The number of piperidine rings is 1. The number of aliphatic hydroxyl groups is 1. The Bertz CT molecular complexity index is 1450. The number of alkyl halides is 3. The molecule has 3 fully saturated rings. The third-order valence-corrected chi connectivity index (χ3v) is 10.8. The van der Waals surface area contributed by atoms with E-state index in [2.05, 4.69) is 31.3 Å². The normalized spacial score (nSPS) is 34.5. The van der Waals surface area contributed by atoms with Crippen LogP contribution in [0, 0.1) is 5.92 Å². The van der Waals surface area contributed by atoms with Gasteiger partial charge in [-0.05, 0) is 42.9 Å². The van der Waals surface area contributed by atoms with E-state index in [1.54, 1.807) is 7.11 Å². The van der Waals surface area contributed by atoms with Crippen LogP contribution in [0.5, 0.6) is 11.5 Å². The maximum absolute atomic E-state index is 12.7. The number of methoxy groups -OCH3 is 1. The third kappa shape index (κ3) is 4.61. The molecule has 2 unspecified atom stereocenters. The summed E-state index contributed by atoms with van der Waals surface area (Å²) >= 11 is 0. The maximum Gasteiger partial charge on any atom is 0.485 e. The molecule has 5 aliphatic rings. The van der Waals surface area contributed by atoms with Crippen molar-refractivity contribution >= 4 is 10.1 Å². The van der Waals surface area contributed by atoms with Crippen molar-refractivity contribution in [1.29, 1.82) is 0 Å². The Balaban J connectivity index is 0.000000350. The molecule has 2 saturated carbocycles. The van der Waals surface area contributed by atoms with Crippen molar-refractivity contribution in [3.05, 3.63) is 59.2 Å². The number of likely N-dealkylation sites (N-methyl/N-ethyl adjacent to an activating group) is 1. The Morgan fingerprint density at radius 2 is 1.81 bits per heavy atom. The van der Waals surface area contributed by atoms with Crippen molar-refractivity contribution in [3.8, 4) is 11.5 Å². The standard InChI is InChI=1S/C29H36NO4.CHF3O3S/c1-30(17-19-8-9-19)15-14-28-25-21-10-11-22(33-18-20-6-4-3-5-7-20)26(25)34-27(28)23(32-2)12-13-29(28,31)24(30)16-21;2-1(3,4)8(5,6)7/h3-7,10-11,19,23-24,27,31H,8-9,12-18H2,1-2H3;(H,5,6,7)/q+1;/p-1/t23?,24-,27+,28+,29-,30?;/m1./s1. The number of hydrogen-bond acceptors (Lipinski definition) is 7. The van der Waals surface area contributed by atoms with Gasteiger partial charge in [0, 0.05) is 31.4 Å². The van der Waals surface area contributed by atoms with Gasteiger partial charge in [0.15, 0.2) is 21.6 Å². The number of halogens is 3. The molecule has 8 nitrogen and oxygen atoms in total. The van der Waals surface area contributed by atoms with Crippen molar-refractivity contribution in [2.75, 3.05) is 27.2 Å². The minimum Gasteiger partial charge on any atom is -0.741 e. The zero-order chi connectivity index (χ0) is 30.1.